The Morgan fingerprint density at radius 2 is 2.14 bits per heavy atom. The van der Waals surface area contributed by atoms with Crippen LogP contribution in [0.3, 0.4) is 0 Å². The van der Waals surface area contributed by atoms with Crippen molar-refractivity contribution in [2.24, 2.45) is 18.9 Å². The molecule has 0 spiro atoms. The van der Waals surface area contributed by atoms with E-state index in [0.717, 1.165) is 18.5 Å². The van der Waals surface area contributed by atoms with Gasteiger partial charge in [0, 0.05) is 38.6 Å². The number of amides is 1. The first-order valence-electron chi connectivity index (χ1n) is 9.47. The molecular weight excluding hydrogens is 370 g/mol. The molecule has 148 valence electrons. The number of anilines is 3. The molecule has 10 nitrogen and oxygen atoms in total. The minimum Gasteiger partial charge on any atom is -0.376 e. The van der Waals surface area contributed by atoms with Crippen molar-refractivity contribution in [1.82, 2.24) is 24.6 Å². The largest absolute Gasteiger partial charge is 0.376 e. The summed E-state index contributed by atoms with van der Waals surface area (Å²) in [5.41, 5.74) is 1.15. The average Bonchev–Trinajstić information content (AvgIpc) is 3.37. The van der Waals surface area contributed by atoms with Gasteiger partial charge in [0.05, 0.1) is 24.5 Å². The predicted octanol–water partition coefficient (Wildman–Crippen LogP) is 2.07. The zero-order valence-electron chi connectivity index (χ0n) is 16.0. The third-order valence-electron chi connectivity index (χ3n) is 5.53. The smallest absolute Gasteiger partial charge is 0.246 e. The van der Waals surface area contributed by atoms with Gasteiger partial charge >= 0.3 is 0 Å². The molecule has 2 unspecified atom stereocenters. The normalized spacial score (nSPS) is 22.6. The van der Waals surface area contributed by atoms with Crippen molar-refractivity contribution in [2.45, 2.75) is 25.3 Å². The molecule has 1 aliphatic heterocycles. The lowest BCUT2D eigenvalue weighted by molar-refractivity contribution is -0.129. The zero-order valence-corrected chi connectivity index (χ0v) is 16.0. The minimum atomic E-state index is -0.0800. The van der Waals surface area contributed by atoms with Crippen LogP contribution in [0.5, 0.6) is 0 Å². The Hall–Kier alpha value is -3.66. The maximum Gasteiger partial charge on any atom is 0.246 e. The molecule has 10 heteroatoms. The van der Waals surface area contributed by atoms with Gasteiger partial charge in [-0.3, -0.25) is 9.48 Å². The van der Waals surface area contributed by atoms with Gasteiger partial charge < -0.3 is 15.5 Å². The van der Waals surface area contributed by atoms with Gasteiger partial charge in [0.2, 0.25) is 17.5 Å². The highest BCUT2D eigenvalue weighted by Gasteiger charge is 2.42. The molecule has 1 amide bonds. The number of fused-ring (bicyclic) bond motifs is 1. The van der Waals surface area contributed by atoms with E-state index in [-0.39, 0.29) is 18.4 Å². The quantitative estimate of drug-likeness (QED) is 0.750. The molecule has 2 fully saturated rings. The van der Waals surface area contributed by atoms with Crippen LogP contribution >= 0.6 is 0 Å². The summed E-state index contributed by atoms with van der Waals surface area (Å²) >= 11 is 0. The van der Waals surface area contributed by atoms with Gasteiger partial charge in [-0.05, 0) is 24.7 Å². The van der Waals surface area contributed by atoms with E-state index < -0.39 is 0 Å². The van der Waals surface area contributed by atoms with Gasteiger partial charge in [-0.2, -0.15) is 10.4 Å². The molecule has 29 heavy (non-hydrogen) atoms. The van der Waals surface area contributed by atoms with Crippen molar-refractivity contribution in [1.29, 1.82) is 5.26 Å². The number of nitrogens with one attached hydrogen (secondary N) is 2. The molecule has 1 saturated heterocycles. The fourth-order valence-electron chi connectivity index (χ4n) is 4.23. The summed E-state index contributed by atoms with van der Waals surface area (Å²) in [6.07, 6.45) is 6.78. The molecular formula is C19H21N9O. The van der Waals surface area contributed by atoms with E-state index in [9.17, 15) is 4.79 Å². The number of hydrogen-bond donors (Lipinski definition) is 2. The molecule has 0 bridgehead atoms. The number of aryl methyl sites for hydroxylation is 1. The monoisotopic (exact) mass is 391 g/mol. The van der Waals surface area contributed by atoms with Gasteiger partial charge in [-0.25, -0.2) is 14.8 Å². The third-order valence-corrected chi connectivity index (χ3v) is 5.53. The van der Waals surface area contributed by atoms with Crippen molar-refractivity contribution in [3.8, 4) is 6.07 Å². The second-order valence-electron chi connectivity index (χ2n) is 7.53. The molecule has 2 aromatic heterocycles. The van der Waals surface area contributed by atoms with E-state index in [1.165, 1.54) is 6.20 Å². The highest BCUT2D eigenvalue weighted by Crippen LogP contribution is 2.40. The number of nitrogens with zero attached hydrogens (tertiary/aromatic N) is 7. The van der Waals surface area contributed by atoms with Crippen molar-refractivity contribution < 1.29 is 4.79 Å². The predicted molar refractivity (Wildman–Crippen MR) is 105 cm³/mol. The van der Waals surface area contributed by atoms with Crippen molar-refractivity contribution in [3.63, 3.8) is 0 Å². The van der Waals surface area contributed by atoms with Crippen LogP contribution < -0.4 is 10.6 Å². The minimum absolute atomic E-state index is 0.0525. The van der Waals surface area contributed by atoms with Crippen LogP contribution in [0.2, 0.25) is 0 Å². The maximum atomic E-state index is 11.9. The Bertz CT molecular complexity index is 988. The van der Waals surface area contributed by atoms with Crippen molar-refractivity contribution >= 4 is 29.0 Å². The lowest BCUT2D eigenvalue weighted by Crippen LogP contribution is -2.30. The van der Waals surface area contributed by atoms with Crippen LogP contribution in [0.15, 0.2) is 18.6 Å². The van der Waals surface area contributed by atoms with Crippen molar-refractivity contribution in [2.75, 3.05) is 23.7 Å². The number of nitriles is 1. The fourth-order valence-corrected chi connectivity index (χ4v) is 4.23. The Morgan fingerprint density at radius 3 is 2.76 bits per heavy atom. The highest BCUT2D eigenvalue weighted by molar-refractivity contribution is 5.78. The zero-order chi connectivity index (χ0) is 20.4. The molecule has 3 heterocycles. The van der Waals surface area contributed by atoms with Gasteiger partial charge in [0.1, 0.15) is 12.2 Å². The van der Waals surface area contributed by atoms with E-state index in [4.69, 9.17) is 11.8 Å². The molecule has 1 aliphatic carbocycles. The Labute approximate surface area is 168 Å². The molecule has 1 saturated carbocycles. The van der Waals surface area contributed by atoms with Crippen LogP contribution in [-0.2, 0) is 11.8 Å². The highest BCUT2D eigenvalue weighted by atomic mass is 16.2. The Balaban J connectivity index is 1.41. The summed E-state index contributed by atoms with van der Waals surface area (Å²) < 4.78 is 1.68. The van der Waals surface area contributed by atoms with E-state index >= 15 is 0 Å². The molecule has 2 atom stereocenters. The Kier molecular flexibility index (Phi) is 5.00. The first kappa shape index (κ1) is 18.7. The van der Waals surface area contributed by atoms with Gasteiger partial charge in [0.15, 0.2) is 0 Å². The van der Waals surface area contributed by atoms with Gasteiger partial charge in [0.25, 0.3) is 0 Å². The van der Waals surface area contributed by atoms with Crippen LogP contribution in [0.4, 0.5) is 23.1 Å². The van der Waals surface area contributed by atoms with E-state index in [0.29, 0.717) is 42.4 Å². The first-order chi connectivity index (χ1) is 14.1. The summed E-state index contributed by atoms with van der Waals surface area (Å²) in [5, 5.41) is 19.3. The number of carbonyl (C=O) groups excluding carboxylic acids is 1. The first-order valence-corrected chi connectivity index (χ1v) is 9.47. The number of hydrogen-bond acceptors (Lipinski definition) is 7. The average molecular weight is 391 g/mol. The summed E-state index contributed by atoms with van der Waals surface area (Å²) in [7, 11) is 1.83. The number of rotatable bonds is 5. The van der Waals surface area contributed by atoms with E-state index in [1.807, 2.05) is 19.3 Å². The summed E-state index contributed by atoms with van der Waals surface area (Å²) in [4.78, 5) is 26.0. The molecule has 2 aromatic rings. The topological polar surface area (TPSA) is 116 Å². The number of carbonyl (C=O) groups is 1. The number of likely N-dealkylation sites (tertiary alicyclic amines) is 1. The molecule has 0 aromatic carbocycles. The van der Waals surface area contributed by atoms with Crippen LogP contribution in [0.1, 0.15) is 19.3 Å². The third kappa shape index (κ3) is 3.97. The van der Waals surface area contributed by atoms with Crippen molar-refractivity contribution in [3.05, 3.63) is 30.0 Å². The van der Waals surface area contributed by atoms with E-state index in [2.05, 4.69) is 30.5 Å². The maximum absolute atomic E-state index is 11.9. The fraction of sp³-hybridized carbons (Fsp3) is 0.474. The number of aromatic nitrogens is 4. The molecule has 4 rings (SSSR count). The lowest BCUT2D eigenvalue weighted by Gasteiger charge is -2.20. The lowest BCUT2D eigenvalue weighted by atomic mass is 10.0. The second kappa shape index (κ2) is 7.76. The van der Waals surface area contributed by atoms with Crippen LogP contribution in [0, 0.1) is 29.7 Å². The molecule has 2 N–H and O–H groups in total. The SMILES string of the molecule is [C-]#[N+]c1cnc(Nc2cnn(C)c2)nc1NC1CC2CN(C(=O)CC#N)CC2C1. The van der Waals surface area contributed by atoms with Crippen LogP contribution in [-0.4, -0.2) is 49.7 Å². The Morgan fingerprint density at radius 1 is 1.38 bits per heavy atom. The summed E-state index contributed by atoms with van der Waals surface area (Å²) in [5.74, 6) is 1.68. The standard InChI is InChI=1S/C19H21N9O/c1-21-16-8-22-19(25-15-7-23-27(2)11-15)26-18(16)24-14-5-12-9-28(10-13(12)6-14)17(29)3-4-20/h7-8,11-14H,3,5-6,9-10H2,2H3,(H2,22,24,25,26). The molecule has 0 radical (unpaired) electrons. The van der Waals surface area contributed by atoms with Gasteiger partial charge in [-0.1, -0.05) is 0 Å². The van der Waals surface area contributed by atoms with Crippen LogP contribution in [0.25, 0.3) is 4.85 Å². The summed E-state index contributed by atoms with van der Waals surface area (Å²) in [6, 6.07) is 2.13. The summed E-state index contributed by atoms with van der Waals surface area (Å²) in [6.45, 7) is 8.80. The molecule has 2 aliphatic rings. The van der Waals surface area contributed by atoms with E-state index in [1.54, 1.807) is 15.8 Å². The second-order valence-corrected chi connectivity index (χ2v) is 7.53. The van der Waals surface area contributed by atoms with Gasteiger partial charge in [-0.15, -0.1) is 0 Å².